The molecule has 0 saturated carbocycles. The standard InChI is InChI=1S/C13H6Br2F3NO/c14-7-1-6(2-8(16)3-7)13(20)19-12-5-10(17)9(15)4-11(12)18/h1-5H,(H,19,20). The summed E-state index contributed by atoms with van der Waals surface area (Å²) in [4.78, 5) is 11.9. The summed E-state index contributed by atoms with van der Waals surface area (Å²) in [5, 5.41) is 2.19. The van der Waals surface area contributed by atoms with Gasteiger partial charge in [0.2, 0.25) is 0 Å². The Morgan fingerprint density at radius 2 is 1.65 bits per heavy atom. The second kappa shape index (κ2) is 5.97. The molecule has 2 rings (SSSR count). The Morgan fingerprint density at radius 1 is 0.950 bits per heavy atom. The molecule has 0 aliphatic carbocycles. The summed E-state index contributed by atoms with van der Waals surface area (Å²) in [6.45, 7) is 0. The molecule has 0 fully saturated rings. The van der Waals surface area contributed by atoms with Crippen molar-refractivity contribution in [2.75, 3.05) is 5.32 Å². The SMILES string of the molecule is O=C(Nc1cc(F)c(Br)cc1F)c1cc(F)cc(Br)c1. The normalized spacial score (nSPS) is 10.4. The van der Waals surface area contributed by atoms with E-state index in [9.17, 15) is 18.0 Å². The summed E-state index contributed by atoms with van der Waals surface area (Å²) < 4.78 is 40.4. The van der Waals surface area contributed by atoms with Crippen LogP contribution < -0.4 is 5.32 Å². The molecular weight excluding hydrogens is 403 g/mol. The zero-order valence-corrected chi connectivity index (χ0v) is 12.9. The number of hydrogen-bond donors (Lipinski definition) is 1. The summed E-state index contributed by atoms with van der Waals surface area (Å²) in [5.41, 5.74) is -0.337. The number of hydrogen-bond acceptors (Lipinski definition) is 1. The van der Waals surface area contributed by atoms with Crippen molar-refractivity contribution in [3.63, 3.8) is 0 Å². The Kier molecular flexibility index (Phi) is 4.49. The summed E-state index contributed by atoms with van der Waals surface area (Å²) >= 11 is 5.87. The summed E-state index contributed by atoms with van der Waals surface area (Å²) in [6, 6.07) is 5.27. The third kappa shape index (κ3) is 3.40. The molecule has 104 valence electrons. The number of halogens is 5. The maximum absolute atomic E-state index is 13.6. The average Bonchev–Trinajstić information content (AvgIpc) is 2.34. The minimum Gasteiger partial charge on any atom is -0.319 e. The van der Waals surface area contributed by atoms with Gasteiger partial charge in [-0.2, -0.15) is 0 Å². The van der Waals surface area contributed by atoms with Crippen LogP contribution in [0.3, 0.4) is 0 Å². The molecule has 0 saturated heterocycles. The van der Waals surface area contributed by atoms with E-state index >= 15 is 0 Å². The first kappa shape index (κ1) is 15.1. The predicted molar refractivity (Wildman–Crippen MR) is 76.1 cm³/mol. The Balaban J connectivity index is 2.30. The van der Waals surface area contributed by atoms with Gasteiger partial charge in [-0.25, -0.2) is 13.2 Å². The van der Waals surface area contributed by atoms with Crippen LogP contribution in [0, 0.1) is 17.5 Å². The lowest BCUT2D eigenvalue weighted by molar-refractivity contribution is 0.102. The summed E-state index contributed by atoms with van der Waals surface area (Å²) in [6.07, 6.45) is 0. The van der Waals surface area contributed by atoms with Gasteiger partial charge in [-0.1, -0.05) is 15.9 Å². The van der Waals surface area contributed by atoms with Crippen molar-refractivity contribution >= 4 is 43.5 Å². The first-order valence-corrected chi connectivity index (χ1v) is 6.87. The van der Waals surface area contributed by atoms with Crippen molar-refractivity contribution in [1.29, 1.82) is 0 Å². The molecule has 1 N–H and O–H groups in total. The van der Waals surface area contributed by atoms with Crippen molar-refractivity contribution in [2.45, 2.75) is 0 Å². The van der Waals surface area contributed by atoms with Crippen LogP contribution >= 0.6 is 31.9 Å². The molecule has 2 nitrogen and oxygen atoms in total. The third-order valence-electron chi connectivity index (χ3n) is 2.38. The molecular formula is C13H6Br2F3NO. The Hall–Kier alpha value is -1.34. The summed E-state index contributed by atoms with van der Waals surface area (Å²) in [5.74, 6) is -2.89. The van der Waals surface area contributed by atoms with Crippen LogP contribution in [0.1, 0.15) is 10.4 Å². The number of amides is 1. The highest BCUT2D eigenvalue weighted by atomic mass is 79.9. The number of carbonyl (C=O) groups is 1. The fourth-order valence-electron chi connectivity index (χ4n) is 1.50. The van der Waals surface area contributed by atoms with Gasteiger partial charge in [0.15, 0.2) is 0 Å². The predicted octanol–water partition coefficient (Wildman–Crippen LogP) is 4.88. The Morgan fingerprint density at radius 3 is 2.30 bits per heavy atom. The van der Waals surface area contributed by atoms with Gasteiger partial charge in [0.25, 0.3) is 5.91 Å². The van der Waals surface area contributed by atoms with Crippen LogP contribution in [0.4, 0.5) is 18.9 Å². The largest absolute Gasteiger partial charge is 0.319 e. The average molecular weight is 409 g/mol. The van der Waals surface area contributed by atoms with Crippen LogP contribution in [0.2, 0.25) is 0 Å². The zero-order valence-electron chi connectivity index (χ0n) is 9.68. The maximum atomic E-state index is 13.6. The van der Waals surface area contributed by atoms with Gasteiger partial charge >= 0.3 is 0 Å². The lowest BCUT2D eigenvalue weighted by Gasteiger charge is -2.08. The van der Waals surface area contributed by atoms with Gasteiger partial charge < -0.3 is 5.32 Å². The molecule has 0 aromatic heterocycles. The zero-order chi connectivity index (χ0) is 14.9. The van der Waals surface area contributed by atoms with E-state index in [1.165, 1.54) is 12.1 Å². The van der Waals surface area contributed by atoms with Crippen LogP contribution in [-0.2, 0) is 0 Å². The monoisotopic (exact) mass is 407 g/mol. The van der Waals surface area contributed by atoms with Crippen LogP contribution in [0.15, 0.2) is 39.3 Å². The molecule has 0 atom stereocenters. The highest BCUT2D eigenvalue weighted by molar-refractivity contribution is 9.10. The lowest BCUT2D eigenvalue weighted by atomic mass is 10.2. The molecule has 2 aromatic carbocycles. The van der Waals surface area contributed by atoms with E-state index in [0.717, 1.165) is 18.2 Å². The molecule has 7 heteroatoms. The first-order chi connectivity index (χ1) is 9.36. The van der Waals surface area contributed by atoms with Crippen LogP contribution in [0.25, 0.3) is 0 Å². The fraction of sp³-hybridized carbons (Fsp3) is 0. The molecule has 0 aliphatic rings. The second-order valence-corrected chi connectivity index (χ2v) is 5.63. The molecule has 2 aromatic rings. The quantitative estimate of drug-likeness (QED) is 0.705. The van der Waals surface area contributed by atoms with E-state index in [0.29, 0.717) is 4.47 Å². The van der Waals surface area contributed by atoms with Crippen molar-refractivity contribution in [2.24, 2.45) is 0 Å². The van der Waals surface area contributed by atoms with Gasteiger partial charge in [0.1, 0.15) is 17.5 Å². The number of carbonyl (C=O) groups excluding carboxylic acids is 1. The third-order valence-corrected chi connectivity index (χ3v) is 3.45. The highest BCUT2D eigenvalue weighted by Crippen LogP contribution is 2.24. The molecule has 0 unspecified atom stereocenters. The number of benzene rings is 2. The Bertz CT molecular complexity index is 671. The molecule has 0 bridgehead atoms. The fourth-order valence-corrected chi connectivity index (χ4v) is 2.28. The topological polar surface area (TPSA) is 29.1 Å². The number of anilines is 1. The van der Waals surface area contributed by atoms with E-state index in [4.69, 9.17) is 0 Å². The molecule has 0 spiro atoms. The maximum Gasteiger partial charge on any atom is 0.255 e. The van der Waals surface area contributed by atoms with E-state index < -0.39 is 23.4 Å². The molecule has 1 amide bonds. The van der Waals surface area contributed by atoms with Crippen LogP contribution in [-0.4, -0.2) is 5.91 Å². The lowest BCUT2D eigenvalue weighted by Crippen LogP contribution is -2.13. The van der Waals surface area contributed by atoms with E-state index in [-0.39, 0.29) is 15.7 Å². The van der Waals surface area contributed by atoms with E-state index in [1.807, 2.05) is 0 Å². The van der Waals surface area contributed by atoms with Crippen molar-refractivity contribution in [3.05, 3.63) is 62.3 Å². The van der Waals surface area contributed by atoms with Gasteiger partial charge in [-0.3, -0.25) is 4.79 Å². The molecule has 0 radical (unpaired) electrons. The molecule has 20 heavy (non-hydrogen) atoms. The van der Waals surface area contributed by atoms with Gasteiger partial charge in [-0.15, -0.1) is 0 Å². The molecule has 0 heterocycles. The van der Waals surface area contributed by atoms with Crippen LogP contribution in [0.5, 0.6) is 0 Å². The minimum absolute atomic E-state index is 0.0143. The van der Waals surface area contributed by atoms with Crippen molar-refractivity contribution in [3.8, 4) is 0 Å². The summed E-state index contributed by atoms with van der Waals surface area (Å²) in [7, 11) is 0. The van der Waals surface area contributed by atoms with Gasteiger partial charge in [-0.05, 0) is 40.2 Å². The first-order valence-electron chi connectivity index (χ1n) is 5.29. The number of rotatable bonds is 2. The molecule has 0 aliphatic heterocycles. The Labute approximate surface area is 129 Å². The van der Waals surface area contributed by atoms with E-state index in [1.54, 1.807) is 0 Å². The van der Waals surface area contributed by atoms with Crippen molar-refractivity contribution in [1.82, 2.24) is 0 Å². The smallest absolute Gasteiger partial charge is 0.255 e. The minimum atomic E-state index is -0.804. The second-order valence-electron chi connectivity index (χ2n) is 3.86. The van der Waals surface area contributed by atoms with E-state index in [2.05, 4.69) is 37.2 Å². The highest BCUT2D eigenvalue weighted by Gasteiger charge is 2.13. The van der Waals surface area contributed by atoms with Gasteiger partial charge in [0.05, 0.1) is 10.2 Å². The van der Waals surface area contributed by atoms with Crippen molar-refractivity contribution < 1.29 is 18.0 Å². The number of nitrogens with one attached hydrogen (secondary N) is 1. The van der Waals surface area contributed by atoms with Gasteiger partial charge in [0, 0.05) is 16.1 Å².